The fourth-order valence-electron chi connectivity index (χ4n) is 2.23. The Morgan fingerprint density at radius 1 is 1.19 bits per heavy atom. The van der Waals surface area contributed by atoms with Crippen molar-refractivity contribution in [2.24, 2.45) is 4.99 Å². The van der Waals surface area contributed by atoms with E-state index in [1.807, 2.05) is 13.8 Å². The lowest BCUT2D eigenvalue weighted by Crippen LogP contribution is -2.39. The highest BCUT2D eigenvalue weighted by atomic mass is 35.5. The van der Waals surface area contributed by atoms with Gasteiger partial charge in [-0.05, 0) is 26.0 Å². The summed E-state index contributed by atoms with van der Waals surface area (Å²) >= 11 is 12.1. The highest BCUT2D eigenvalue weighted by Gasteiger charge is 2.32. The molecule has 0 unspecified atom stereocenters. The van der Waals surface area contributed by atoms with E-state index >= 15 is 0 Å². The van der Waals surface area contributed by atoms with Gasteiger partial charge in [-0.15, -0.1) is 0 Å². The van der Waals surface area contributed by atoms with Gasteiger partial charge < -0.3 is 9.94 Å². The molecule has 0 radical (unpaired) electrons. The van der Waals surface area contributed by atoms with Crippen molar-refractivity contribution in [1.82, 2.24) is 0 Å². The fourth-order valence-corrected chi connectivity index (χ4v) is 2.54. The lowest BCUT2D eigenvalue weighted by molar-refractivity contribution is -0.606. The zero-order chi connectivity index (χ0) is 15.2. The molecule has 6 heteroatoms. The van der Waals surface area contributed by atoms with Crippen LogP contribution in [0.4, 0.5) is 0 Å². The van der Waals surface area contributed by atoms with Gasteiger partial charge in [0.25, 0.3) is 0 Å². The molecule has 0 bridgehead atoms. The minimum absolute atomic E-state index is 0.389. The molecule has 2 heterocycles. The predicted molar refractivity (Wildman–Crippen MR) is 82.2 cm³/mol. The summed E-state index contributed by atoms with van der Waals surface area (Å²) in [5.74, 6) is 0.559. The number of hydrogen-bond donors (Lipinski definition) is 0. The van der Waals surface area contributed by atoms with Gasteiger partial charge in [-0.2, -0.15) is 4.73 Å². The van der Waals surface area contributed by atoms with Gasteiger partial charge in [0.2, 0.25) is 5.69 Å². The van der Waals surface area contributed by atoms with Crippen LogP contribution in [0.5, 0.6) is 5.75 Å². The lowest BCUT2D eigenvalue weighted by atomic mass is 10.0. The first-order chi connectivity index (χ1) is 9.87. The van der Waals surface area contributed by atoms with Gasteiger partial charge in [0.05, 0.1) is 15.6 Å². The monoisotopic (exact) mass is 322 g/mol. The van der Waals surface area contributed by atoms with E-state index in [-0.39, 0.29) is 0 Å². The molecule has 0 N–H and O–H groups in total. The predicted octanol–water partition coefficient (Wildman–Crippen LogP) is 3.59. The van der Waals surface area contributed by atoms with Crippen molar-refractivity contribution < 1.29 is 9.47 Å². The maximum Gasteiger partial charge on any atom is 0.242 e. The quantitative estimate of drug-likeness (QED) is 0.595. The largest absolute Gasteiger partial charge is 0.618 e. The highest BCUT2D eigenvalue weighted by Crippen LogP contribution is 2.37. The Morgan fingerprint density at radius 2 is 1.90 bits per heavy atom. The third-order valence-electron chi connectivity index (χ3n) is 3.09. The molecule has 4 nitrogen and oxygen atoms in total. The van der Waals surface area contributed by atoms with E-state index in [0.29, 0.717) is 32.8 Å². The van der Waals surface area contributed by atoms with Crippen molar-refractivity contribution in [3.8, 4) is 5.75 Å². The molecule has 0 spiro atoms. The molecule has 1 aromatic carbocycles. The number of pyridine rings is 1. The molecule has 1 aliphatic rings. The smallest absolute Gasteiger partial charge is 0.242 e. The topological polar surface area (TPSA) is 48.5 Å². The second-order valence-electron chi connectivity index (χ2n) is 5.18. The molecule has 0 amide bonds. The molecule has 2 aromatic rings. The molecular weight excluding hydrogens is 311 g/mol. The Balaban J connectivity index is 2.27. The Morgan fingerprint density at radius 3 is 2.62 bits per heavy atom. The second-order valence-corrected chi connectivity index (χ2v) is 6.00. The van der Waals surface area contributed by atoms with Crippen LogP contribution in [-0.2, 0) is 0 Å². The number of aliphatic imine (C=N–C) groups is 1. The highest BCUT2D eigenvalue weighted by molar-refractivity contribution is 6.42. The summed E-state index contributed by atoms with van der Waals surface area (Å²) in [6.45, 7) is 3.63. The van der Waals surface area contributed by atoms with Gasteiger partial charge in [-0.3, -0.25) is 0 Å². The summed E-state index contributed by atoms with van der Waals surface area (Å²) in [4.78, 5) is 4.53. The van der Waals surface area contributed by atoms with Crippen molar-refractivity contribution >= 4 is 28.9 Å². The van der Waals surface area contributed by atoms with Crippen molar-refractivity contribution in [1.29, 1.82) is 0 Å². The van der Waals surface area contributed by atoms with Crippen LogP contribution in [0.15, 0.2) is 41.5 Å². The van der Waals surface area contributed by atoms with E-state index in [9.17, 15) is 5.21 Å². The lowest BCUT2D eigenvalue weighted by Gasteiger charge is -2.29. The zero-order valence-corrected chi connectivity index (χ0v) is 12.9. The van der Waals surface area contributed by atoms with Gasteiger partial charge in [0, 0.05) is 18.2 Å². The number of hydrogen-bond acceptors (Lipinski definition) is 3. The third kappa shape index (κ3) is 2.57. The SMILES string of the molecule is CC1(C)N=C(c2cccc[n+]2[O-])c2cc(Cl)c(Cl)cc2O1. The molecule has 0 atom stereocenters. The van der Waals surface area contributed by atoms with Gasteiger partial charge in [0.1, 0.15) is 11.5 Å². The van der Waals surface area contributed by atoms with Crippen molar-refractivity contribution in [2.75, 3.05) is 0 Å². The Kier molecular flexibility index (Phi) is 3.30. The van der Waals surface area contributed by atoms with E-state index in [1.165, 1.54) is 6.20 Å². The van der Waals surface area contributed by atoms with Crippen LogP contribution < -0.4 is 9.47 Å². The molecule has 0 saturated heterocycles. The average molecular weight is 323 g/mol. The fraction of sp³-hybridized carbons (Fsp3) is 0.200. The van der Waals surface area contributed by atoms with E-state index in [1.54, 1.807) is 30.3 Å². The Bertz CT molecular complexity index is 757. The molecule has 1 aliphatic heterocycles. The molecule has 1 aromatic heterocycles. The first-order valence-corrected chi connectivity index (χ1v) is 7.10. The van der Waals surface area contributed by atoms with Crippen LogP contribution in [-0.4, -0.2) is 11.4 Å². The number of halogens is 2. The maximum atomic E-state index is 12.0. The summed E-state index contributed by atoms with van der Waals surface area (Å²) in [6, 6.07) is 8.47. The summed E-state index contributed by atoms with van der Waals surface area (Å²) in [5.41, 5.74) is 0.839. The molecule has 0 fully saturated rings. The first kappa shape index (κ1) is 14.2. The number of ether oxygens (including phenoxy) is 1. The summed E-state index contributed by atoms with van der Waals surface area (Å²) in [6.07, 6.45) is 1.43. The summed E-state index contributed by atoms with van der Waals surface area (Å²) in [7, 11) is 0. The normalized spacial score (nSPS) is 15.9. The summed E-state index contributed by atoms with van der Waals surface area (Å²) in [5, 5.41) is 12.8. The molecule has 108 valence electrons. The van der Waals surface area contributed by atoms with E-state index in [0.717, 1.165) is 4.73 Å². The first-order valence-electron chi connectivity index (χ1n) is 6.34. The number of rotatable bonds is 1. The van der Waals surface area contributed by atoms with Crippen LogP contribution in [0.3, 0.4) is 0 Å². The Labute approximate surface area is 132 Å². The van der Waals surface area contributed by atoms with Crippen LogP contribution in [0.25, 0.3) is 0 Å². The van der Waals surface area contributed by atoms with Crippen LogP contribution >= 0.6 is 23.2 Å². The number of benzene rings is 1. The Hall–Kier alpha value is -1.78. The minimum Gasteiger partial charge on any atom is -0.618 e. The van der Waals surface area contributed by atoms with Crippen LogP contribution in [0, 0.1) is 5.21 Å². The van der Waals surface area contributed by atoms with Crippen molar-refractivity contribution in [2.45, 2.75) is 19.6 Å². The van der Waals surface area contributed by atoms with Gasteiger partial charge >= 0.3 is 0 Å². The molecular formula is C15H12Cl2N2O2. The standard InChI is InChI=1S/C15H12Cl2N2O2/c1-15(2)18-14(12-5-3-4-6-19(12)20)9-7-10(16)11(17)8-13(9)21-15/h3-8H,1-2H3. The zero-order valence-electron chi connectivity index (χ0n) is 11.4. The van der Waals surface area contributed by atoms with E-state index in [4.69, 9.17) is 27.9 Å². The van der Waals surface area contributed by atoms with Crippen LogP contribution in [0.1, 0.15) is 25.1 Å². The summed E-state index contributed by atoms with van der Waals surface area (Å²) < 4.78 is 6.58. The molecule has 3 rings (SSSR count). The van der Waals surface area contributed by atoms with Crippen LogP contribution in [0.2, 0.25) is 10.0 Å². The number of aromatic nitrogens is 1. The number of nitrogens with zero attached hydrogens (tertiary/aromatic N) is 2. The van der Waals surface area contributed by atoms with E-state index < -0.39 is 5.72 Å². The third-order valence-corrected chi connectivity index (χ3v) is 3.81. The number of fused-ring (bicyclic) bond motifs is 1. The molecule has 0 saturated carbocycles. The second kappa shape index (κ2) is 4.90. The molecule has 0 aliphatic carbocycles. The van der Waals surface area contributed by atoms with E-state index in [2.05, 4.69) is 4.99 Å². The average Bonchev–Trinajstić information content (AvgIpc) is 2.40. The maximum absolute atomic E-state index is 12.0. The minimum atomic E-state index is -0.789. The van der Waals surface area contributed by atoms with Gasteiger partial charge in [-0.25, -0.2) is 4.99 Å². The van der Waals surface area contributed by atoms with Gasteiger partial charge in [0.15, 0.2) is 11.9 Å². The van der Waals surface area contributed by atoms with Crippen molar-refractivity contribution in [3.63, 3.8) is 0 Å². The van der Waals surface area contributed by atoms with Gasteiger partial charge in [-0.1, -0.05) is 23.2 Å². The molecule has 21 heavy (non-hydrogen) atoms. The van der Waals surface area contributed by atoms with Crippen molar-refractivity contribution in [3.05, 3.63) is 63.0 Å².